The molecule has 1 aromatic heterocycles. The molecule has 0 saturated heterocycles. The predicted molar refractivity (Wildman–Crippen MR) is 166 cm³/mol. The Kier molecular flexibility index (Phi) is 12.8. The average molecular weight is 624 g/mol. The van der Waals surface area contributed by atoms with E-state index in [4.69, 9.17) is 29.4 Å². The van der Waals surface area contributed by atoms with Crippen molar-refractivity contribution < 1.29 is 43.8 Å². The van der Waals surface area contributed by atoms with Crippen LogP contribution in [0.3, 0.4) is 0 Å². The summed E-state index contributed by atoms with van der Waals surface area (Å²) in [6, 6.07) is 21.0. The van der Waals surface area contributed by atoms with Crippen molar-refractivity contribution in [2.45, 2.75) is 45.1 Å². The Morgan fingerprint density at radius 1 is 0.844 bits per heavy atom. The van der Waals surface area contributed by atoms with Crippen molar-refractivity contribution in [3.05, 3.63) is 66.7 Å². The number of nitrogens with one attached hydrogen (secondary N) is 1. The summed E-state index contributed by atoms with van der Waals surface area (Å²) in [5.74, 6) is 1.25. The molecule has 1 heterocycles. The Bertz CT molecular complexity index is 1520. The van der Waals surface area contributed by atoms with Crippen LogP contribution in [0.4, 0.5) is 0 Å². The second-order valence-corrected chi connectivity index (χ2v) is 10.4. The van der Waals surface area contributed by atoms with Crippen molar-refractivity contribution in [1.29, 1.82) is 0 Å². The maximum atomic E-state index is 13.4. The molecule has 0 bridgehead atoms. The summed E-state index contributed by atoms with van der Waals surface area (Å²) in [5.41, 5.74) is 1.91. The van der Waals surface area contributed by atoms with Crippen LogP contribution in [0, 0.1) is 0 Å². The first-order valence-electron chi connectivity index (χ1n) is 15.1. The lowest BCUT2D eigenvalue weighted by Gasteiger charge is -2.28. The number of aromatic nitrogens is 1. The Balaban J connectivity index is 1.46. The summed E-state index contributed by atoms with van der Waals surface area (Å²) in [4.78, 5) is 35.5. The van der Waals surface area contributed by atoms with Crippen LogP contribution < -0.4 is 14.2 Å². The maximum absolute atomic E-state index is 13.4. The largest absolute Gasteiger partial charge is 0.493 e. The van der Waals surface area contributed by atoms with E-state index in [1.54, 1.807) is 31.1 Å². The number of aromatic amines is 1. The normalized spacial score (nSPS) is 11.9. The average Bonchev–Trinajstić information content (AvgIpc) is 3.44. The highest BCUT2D eigenvalue weighted by molar-refractivity contribution is 6.10. The van der Waals surface area contributed by atoms with Gasteiger partial charge in [-0.05, 0) is 43.2 Å². The lowest BCUT2D eigenvalue weighted by Crippen LogP contribution is -2.43. The first kappa shape index (κ1) is 33.5. The van der Waals surface area contributed by atoms with Gasteiger partial charge >= 0.3 is 5.97 Å². The van der Waals surface area contributed by atoms with Gasteiger partial charge in [0.2, 0.25) is 5.91 Å². The summed E-state index contributed by atoms with van der Waals surface area (Å²) in [6.07, 6.45) is 1.41. The van der Waals surface area contributed by atoms with Gasteiger partial charge in [0.15, 0.2) is 17.6 Å². The van der Waals surface area contributed by atoms with Crippen LogP contribution in [0.25, 0.3) is 21.8 Å². The summed E-state index contributed by atoms with van der Waals surface area (Å²) in [5, 5.41) is 19.0. The van der Waals surface area contributed by atoms with Crippen molar-refractivity contribution in [3.8, 4) is 17.2 Å². The molecule has 0 radical (unpaired) electrons. The van der Waals surface area contributed by atoms with E-state index in [1.165, 1.54) is 0 Å². The van der Waals surface area contributed by atoms with Crippen LogP contribution in [0.2, 0.25) is 0 Å². The number of para-hydroxylation sites is 3. The monoisotopic (exact) mass is 623 g/mol. The van der Waals surface area contributed by atoms with Crippen LogP contribution in [0.1, 0.15) is 39.0 Å². The third-order valence-corrected chi connectivity index (χ3v) is 7.21. The molecule has 0 aliphatic carbocycles. The molecule has 0 spiro atoms. The van der Waals surface area contributed by atoms with Gasteiger partial charge in [0.05, 0.1) is 37.7 Å². The van der Waals surface area contributed by atoms with Crippen LogP contribution in [-0.2, 0) is 19.2 Å². The SMILES string of the molecule is CCC(=O)OC(COc1cccc2[nH]c3ccccc3c12)CN(CCOc1ccccc1OC)C(=O)CCCCCON(O)O. The zero-order valence-corrected chi connectivity index (χ0v) is 25.6. The van der Waals surface area contributed by atoms with Crippen molar-refractivity contribution in [3.63, 3.8) is 0 Å². The second kappa shape index (κ2) is 17.2. The molecule has 45 heavy (non-hydrogen) atoms. The number of H-pyrrole nitrogens is 1. The fourth-order valence-electron chi connectivity index (χ4n) is 4.99. The minimum absolute atomic E-state index is 0.0393. The Labute approximate surface area is 261 Å². The number of hydrogen-bond donors (Lipinski definition) is 3. The molecule has 3 N–H and O–H groups in total. The maximum Gasteiger partial charge on any atom is 0.305 e. The van der Waals surface area contributed by atoms with Gasteiger partial charge in [-0.15, -0.1) is 0 Å². The van der Waals surface area contributed by atoms with E-state index in [9.17, 15) is 9.59 Å². The van der Waals surface area contributed by atoms with Crippen molar-refractivity contribution in [2.24, 2.45) is 0 Å². The zero-order valence-electron chi connectivity index (χ0n) is 25.6. The third kappa shape index (κ3) is 9.82. The molecule has 0 aliphatic rings. The Hall–Kier alpha value is -4.36. The van der Waals surface area contributed by atoms with E-state index in [-0.39, 0.29) is 57.0 Å². The van der Waals surface area contributed by atoms with E-state index >= 15 is 0 Å². The van der Waals surface area contributed by atoms with E-state index in [0.717, 1.165) is 21.8 Å². The van der Waals surface area contributed by atoms with E-state index in [0.29, 0.717) is 36.5 Å². The van der Waals surface area contributed by atoms with Gasteiger partial charge in [0, 0.05) is 29.1 Å². The van der Waals surface area contributed by atoms with Gasteiger partial charge in [0.25, 0.3) is 0 Å². The van der Waals surface area contributed by atoms with Crippen molar-refractivity contribution in [2.75, 3.05) is 40.0 Å². The number of amides is 1. The minimum Gasteiger partial charge on any atom is -0.493 e. The van der Waals surface area contributed by atoms with E-state index in [1.807, 2.05) is 54.6 Å². The number of carbonyl (C=O) groups excluding carboxylic acids is 2. The number of esters is 1. The lowest BCUT2D eigenvalue weighted by molar-refractivity contribution is -0.492. The number of methoxy groups -OCH3 is 1. The first-order valence-corrected chi connectivity index (χ1v) is 15.1. The van der Waals surface area contributed by atoms with Gasteiger partial charge in [-0.3, -0.25) is 24.8 Å². The van der Waals surface area contributed by atoms with Crippen LogP contribution in [0.5, 0.6) is 17.2 Å². The zero-order chi connectivity index (χ0) is 32.0. The quantitative estimate of drug-likeness (QED) is 0.0695. The second-order valence-electron chi connectivity index (χ2n) is 10.4. The molecule has 12 heteroatoms. The van der Waals surface area contributed by atoms with Crippen LogP contribution in [-0.4, -0.2) is 83.7 Å². The number of rotatable bonds is 19. The molecular weight excluding hydrogens is 582 g/mol. The highest BCUT2D eigenvalue weighted by Gasteiger charge is 2.23. The van der Waals surface area contributed by atoms with Crippen molar-refractivity contribution in [1.82, 2.24) is 15.3 Å². The number of hydrogen-bond acceptors (Lipinski definition) is 10. The molecule has 3 aromatic carbocycles. The molecule has 0 saturated carbocycles. The van der Waals surface area contributed by atoms with Gasteiger partial charge in [-0.1, -0.05) is 49.7 Å². The topological polar surface area (TPSA) is 143 Å². The van der Waals surface area contributed by atoms with Crippen molar-refractivity contribution >= 4 is 33.7 Å². The molecule has 0 aliphatic heterocycles. The summed E-state index contributed by atoms with van der Waals surface area (Å²) >= 11 is 0. The van der Waals surface area contributed by atoms with Gasteiger partial charge in [-0.25, -0.2) is 0 Å². The summed E-state index contributed by atoms with van der Waals surface area (Å²) < 4.78 is 23.4. The Morgan fingerprint density at radius 3 is 2.36 bits per heavy atom. The molecular formula is C33H41N3O9. The summed E-state index contributed by atoms with van der Waals surface area (Å²) in [6.45, 7) is 2.39. The fourth-order valence-corrected chi connectivity index (χ4v) is 4.99. The van der Waals surface area contributed by atoms with E-state index < -0.39 is 12.1 Å². The molecule has 12 nitrogen and oxygen atoms in total. The standard InChI is InChI=1S/C33H41N3O9/c1-3-32(38)45-24(23-43-30-17-11-14-27-33(30)25-12-6-7-13-26(25)34-27)22-35(31(37)18-5-4-10-20-44-36(39)40)19-21-42-29-16-9-8-15-28(29)41-2/h6-9,11-17,24,34,39-40H,3-5,10,18-23H2,1-2H3. The number of carbonyl (C=O) groups is 2. The number of ether oxygens (including phenoxy) is 4. The molecule has 0 fully saturated rings. The number of fused-ring (bicyclic) bond motifs is 3. The fraction of sp³-hybridized carbons (Fsp3) is 0.394. The molecule has 1 atom stereocenters. The highest BCUT2D eigenvalue weighted by atomic mass is 17.1. The molecule has 4 aromatic rings. The molecule has 4 rings (SSSR count). The Morgan fingerprint density at radius 2 is 1.58 bits per heavy atom. The van der Waals surface area contributed by atoms with Gasteiger partial charge in [0.1, 0.15) is 19.0 Å². The smallest absolute Gasteiger partial charge is 0.305 e. The minimum atomic E-state index is -0.735. The first-order chi connectivity index (χ1) is 21.9. The number of unbranched alkanes of at least 4 members (excludes halogenated alkanes) is 2. The lowest BCUT2D eigenvalue weighted by atomic mass is 10.1. The summed E-state index contributed by atoms with van der Waals surface area (Å²) in [7, 11) is 1.56. The molecule has 242 valence electrons. The van der Waals surface area contributed by atoms with Crippen LogP contribution in [0.15, 0.2) is 66.7 Å². The van der Waals surface area contributed by atoms with E-state index in [2.05, 4.69) is 9.82 Å². The van der Waals surface area contributed by atoms with Crippen LogP contribution >= 0.6 is 0 Å². The number of nitrogens with zero attached hydrogens (tertiary/aromatic N) is 2. The number of benzene rings is 3. The van der Waals surface area contributed by atoms with Gasteiger partial charge in [-0.2, -0.15) is 0 Å². The predicted octanol–water partition coefficient (Wildman–Crippen LogP) is 5.51. The highest BCUT2D eigenvalue weighted by Crippen LogP contribution is 2.33. The molecule has 1 unspecified atom stereocenters. The van der Waals surface area contributed by atoms with Gasteiger partial charge < -0.3 is 28.8 Å². The third-order valence-electron chi connectivity index (χ3n) is 7.21. The molecule has 1 amide bonds.